The lowest BCUT2D eigenvalue weighted by Crippen LogP contribution is -2.57. The molecular formula is C24H28N2O5. The molecule has 2 amide bonds. The molecule has 0 unspecified atom stereocenters. The fourth-order valence-electron chi connectivity index (χ4n) is 3.54. The van der Waals surface area contributed by atoms with E-state index >= 15 is 0 Å². The molecule has 0 bridgehead atoms. The quantitative estimate of drug-likeness (QED) is 0.494. The van der Waals surface area contributed by atoms with E-state index < -0.39 is 12.0 Å². The van der Waals surface area contributed by atoms with Gasteiger partial charge in [-0.05, 0) is 43.5 Å². The van der Waals surface area contributed by atoms with Crippen LogP contribution in [0.15, 0.2) is 54.6 Å². The normalized spacial score (nSPS) is 15.8. The van der Waals surface area contributed by atoms with E-state index in [4.69, 9.17) is 9.47 Å². The second kappa shape index (κ2) is 11.2. The van der Waals surface area contributed by atoms with E-state index in [0.717, 1.165) is 6.42 Å². The maximum atomic E-state index is 13.0. The number of carbonyl (C=O) groups excluding carboxylic acids is 3. The Labute approximate surface area is 182 Å². The third-order valence-corrected chi connectivity index (χ3v) is 5.06. The molecule has 1 aliphatic rings. The third kappa shape index (κ3) is 6.31. The number of nitrogens with one attached hydrogen (secondary N) is 1. The van der Waals surface area contributed by atoms with Crippen LogP contribution >= 0.6 is 0 Å². The Hall–Kier alpha value is -3.35. The molecule has 7 nitrogen and oxygen atoms in total. The van der Waals surface area contributed by atoms with Gasteiger partial charge in [-0.15, -0.1) is 0 Å². The SMILES string of the molecule is CCOc1cccc(C(=O)N2CCNC(=O)[C@H]2CC(=O)OCCCc2ccccc2)c1. The van der Waals surface area contributed by atoms with E-state index in [1.165, 1.54) is 10.5 Å². The first-order chi connectivity index (χ1) is 15.1. The van der Waals surface area contributed by atoms with Crippen molar-refractivity contribution in [1.29, 1.82) is 0 Å². The van der Waals surface area contributed by atoms with Crippen LogP contribution in [0, 0.1) is 0 Å². The largest absolute Gasteiger partial charge is 0.494 e. The first-order valence-electron chi connectivity index (χ1n) is 10.6. The number of ether oxygens (including phenoxy) is 2. The molecule has 164 valence electrons. The smallest absolute Gasteiger partial charge is 0.308 e. The molecular weight excluding hydrogens is 396 g/mol. The highest BCUT2D eigenvalue weighted by molar-refractivity contribution is 5.99. The molecule has 2 aromatic carbocycles. The number of rotatable bonds is 9. The number of carbonyl (C=O) groups is 3. The zero-order valence-electron chi connectivity index (χ0n) is 17.7. The fraction of sp³-hybridized carbons (Fsp3) is 0.375. The minimum atomic E-state index is -0.890. The molecule has 1 saturated heterocycles. The molecule has 1 atom stereocenters. The summed E-state index contributed by atoms with van der Waals surface area (Å²) in [6, 6.07) is 15.9. The summed E-state index contributed by atoms with van der Waals surface area (Å²) in [5.41, 5.74) is 1.60. The van der Waals surface area contributed by atoms with Crippen LogP contribution in [-0.2, 0) is 20.7 Å². The Kier molecular flexibility index (Phi) is 8.04. The van der Waals surface area contributed by atoms with Gasteiger partial charge in [0.2, 0.25) is 5.91 Å². The van der Waals surface area contributed by atoms with Crippen LogP contribution < -0.4 is 10.1 Å². The first kappa shape index (κ1) is 22.3. The second-order valence-corrected chi connectivity index (χ2v) is 7.28. The summed E-state index contributed by atoms with van der Waals surface area (Å²) in [6.45, 7) is 3.30. The average Bonchev–Trinajstić information content (AvgIpc) is 2.79. The zero-order valence-corrected chi connectivity index (χ0v) is 17.7. The maximum Gasteiger partial charge on any atom is 0.308 e. The van der Waals surface area contributed by atoms with Gasteiger partial charge in [0, 0.05) is 18.7 Å². The van der Waals surface area contributed by atoms with Gasteiger partial charge >= 0.3 is 5.97 Å². The zero-order chi connectivity index (χ0) is 22.1. The Balaban J connectivity index is 1.57. The Bertz CT molecular complexity index is 900. The second-order valence-electron chi connectivity index (χ2n) is 7.28. The lowest BCUT2D eigenvalue weighted by atomic mass is 10.1. The van der Waals surface area contributed by atoms with Crippen molar-refractivity contribution in [3.63, 3.8) is 0 Å². The van der Waals surface area contributed by atoms with E-state index in [1.807, 2.05) is 37.3 Å². The van der Waals surface area contributed by atoms with E-state index in [0.29, 0.717) is 37.4 Å². The molecule has 31 heavy (non-hydrogen) atoms. The van der Waals surface area contributed by atoms with Crippen molar-refractivity contribution in [2.75, 3.05) is 26.3 Å². The number of piperazine rings is 1. The number of esters is 1. The Morgan fingerprint density at radius 3 is 2.71 bits per heavy atom. The summed E-state index contributed by atoms with van der Waals surface area (Å²) >= 11 is 0. The summed E-state index contributed by atoms with van der Waals surface area (Å²) in [5, 5.41) is 2.73. The standard InChI is InChI=1S/C24H28N2O5/c1-2-30-20-12-6-11-19(16-20)24(29)26-14-13-25-23(28)21(26)17-22(27)31-15-7-10-18-8-4-3-5-9-18/h3-6,8-9,11-12,16,21H,2,7,10,13-15,17H2,1H3,(H,25,28)/t21-/m1/s1. The summed E-state index contributed by atoms with van der Waals surface area (Å²) in [5.74, 6) is -0.555. The number of benzene rings is 2. The summed E-state index contributed by atoms with van der Waals surface area (Å²) in [6.07, 6.45) is 1.33. The van der Waals surface area contributed by atoms with Gasteiger partial charge in [0.05, 0.1) is 19.6 Å². The molecule has 3 rings (SSSR count). The number of amides is 2. The van der Waals surface area contributed by atoms with Crippen LogP contribution in [0.4, 0.5) is 0 Å². The molecule has 0 spiro atoms. The highest BCUT2D eigenvalue weighted by atomic mass is 16.5. The predicted molar refractivity (Wildman–Crippen MR) is 116 cm³/mol. The van der Waals surface area contributed by atoms with E-state index in [9.17, 15) is 14.4 Å². The molecule has 0 saturated carbocycles. The monoisotopic (exact) mass is 424 g/mol. The summed E-state index contributed by atoms with van der Waals surface area (Å²) < 4.78 is 10.8. The van der Waals surface area contributed by atoms with Crippen LogP contribution in [0.5, 0.6) is 5.75 Å². The minimum absolute atomic E-state index is 0.173. The van der Waals surface area contributed by atoms with Gasteiger partial charge < -0.3 is 19.7 Å². The van der Waals surface area contributed by atoms with Crippen LogP contribution in [0.1, 0.15) is 35.7 Å². The average molecular weight is 424 g/mol. The van der Waals surface area contributed by atoms with Crippen molar-refractivity contribution in [1.82, 2.24) is 10.2 Å². The van der Waals surface area contributed by atoms with Crippen molar-refractivity contribution in [3.05, 3.63) is 65.7 Å². The third-order valence-electron chi connectivity index (χ3n) is 5.06. The van der Waals surface area contributed by atoms with Gasteiger partial charge in [-0.25, -0.2) is 0 Å². The summed E-state index contributed by atoms with van der Waals surface area (Å²) in [7, 11) is 0. The Morgan fingerprint density at radius 2 is 1.94 bits per heavy atom. The molecule has 0 aliphatic carbocycles. The Morgan fingerprint density at radius 1 is 1.13 bits per heavy atom. The highest BCUT2D eigenvalue weighted by Crippen LogP contribution is 2.19. The van der Waals surface area contributed by atoms with E-state index in [-0.39, 0.29) is 24.8 Å². The number of nitrogens with zero attached hydrogens (tertiary/aromatic N) is 1. The molecule has 7 heteroatoms. The molecule has 1 heterocycles. The molecule has 0 radical (unpaired) electrons. The van der Waals surface area contributed by atoms with Crippen LogP contribution in [-0.4, -0.2) is 55.0 Å². The first-order valence-corrected chi connectivity index (χ1v) is 10.6. The van der Waals surface area contributed by atoms with Crippen LogP contribution in [0.3, 0.4) is 0 Å². The van der Waals surface area contributed by atoms with Crippen molar-refractivity contribution in [2.24, 2.45) is 0 Å². The van der Waals surface area contributed by atoms with Crippen molar-refractivity contribution in [3.8, 4) is 5.75 Å². The highest BCUT2D eigenvalue weighted by Gasteiger charge is 2.35. The number of hydrogen-bond donors (Lipinski definition) is 1. The number of hydrogen-bond acceptors (Lipinski definition) is 5. The van der Waals surface area contributed by atoms with E-state index in [1.54, 1.807) is 24.3 Å². The maximum absolute atomic E-state index is 13.0. The van der Waals surface area contributed by atoms with Crippen molar-refractivity contribution >= 4 is 17.8 Å². The van der Waals surface area contributed by atoms with E-state index in [2.05, 4.69) is 5.32 Å². The van der Waals surface area contributed by atoms with Gasteiger partial charge in [0.25, 0.3) is 5.91 Å². The van der Waals surface area contributed by atoms with Gasteiger partial charge in [-0.2, -0.15) is 0 Å². The fourth-order valence-corrected chi connectivity index (χ4v) is 3.54. The molecule has 2 aromatic rings. The molecule has 0 aromatic heterocycles. The minimum Gasteiger partial charge on any atom is -0.494 e. The lowest BCUT2D eigenvalue weighted by Gasteiger charge is -2.34. The predicted octanol–water partition coefficient (Wildman–Crippen LogP) is 2.59. The molecule has 1 fully saturated rings. The van der Waals surface area contributed by atoms with Gasteiger partial charge in [0.15, 0.2) is 0 Å². The van der Waals surface area contributed by atoms with Gasteiger partial charge in [-0.3, -0.25) is 14.4 Å². The summed E-state index contributed by atoms with van der Waals surface area (Å²) in [4.78, 5) is 39.3. The van der Waals surface area contributed by atoms with Crippen molar-refractivity contribution < 1.29 is 23.9 Å². The molecule has 1 aliphatic heterocycles. The van der Waals surface area contributed by atoms with Gasteiger partial charge in [-0.1, -0.05) is 36.4 Å². The molecule has 1 N–H and O–H groups in total. The van der Waals surface area contributed by atoms with Crippen molar-refractivity contribution in [2.45, 2.75) is 32.2 Å². The van der Waals surface area contributed by atoms with Crippen LogP contribution in [0.2, 0.25) is 0 Å². The number of aryl methyl sites for hydroxylation is 1. The van der Waals surface area contributed by atoms with Gasteiger partial charge in [0.1, 0.15) is 11.8 Å². The lowest BCUT2D eigenvalue weighted by molar-refractivity contribution is -0.147. The topological polar surface area (TPSA) is 84.9 Å². The van der Waals surface area contributed by atoms with Crippen LogP contribution in [0.25, 0.3) is 0 Å².